The number of aliphatic hydroxyl groups excluding tert-OH is 1. The van der Waals surface area contributed by atoms with Crippen LogP contribution in [0.5, 0.6) is 5.75 Å². The summed E-state index contributed by atoms with van der Waals surface area (Å²) in [5.74, 6) is -0.923. The Morgan fingerprint density at radius 1 is 1.42 bits per heavy atom. The molecule has 2 N–H and O–H groups in total. The topological polar surface area (TPSA) is 50.7 Å². The van der Waals surface area contributed by atoms with Crippen molar-refractivity contribution in [1.82, 2.24) is 0 Å². The molecule has 1 heterocycles. The highest BCUT2D eigenvalue weighted by atomic mass is 19.3. The van der Waals surface area contributed by atoms with Gasteiger partial charge in [0.1, 0.15) is 5.82 Å². The second kappa shape index (κ2) is 5.66. The van der Waals surface area contributed by atoms with E-state index in [4.69, 9.17) is 4.74 Å². The largest absolute Gasteiger partial charge is 0.433 e. The smallest absolute Gasteiger partial charge is 0.387 e. The van der Waals surface area contributed by atoms with Crippen molar-refractivity contribution in [3.05, 3.63) is 24.0 Å². The molecule has 1 aliphatic rings. The highest BCUT2D eigenvalue weighted by Crippen LogP contribution is 2.31. The highest BCUT2D eigenvalue weighted by Gasteiger charge is 2.38. The standard InChI is InChI=1S/C12H14F3NO3/c13-8-1-2-9(10(3-8)19-11(14)15)16-4-12(5-17)6-18-7-12/h1-3,11,16-17H,4-7H2. The molecule has 0 atom stereocenters. The first-order valence-corrected chi connectivity index (χ1v) is 5.71. The molecule has 0 spiro atoms. The molecule has 0 aromatic heterocycles. The van der Waals surface area contributed by atoms with E-state index in [0.717, 1.165) is 12.1 Å². The molecular weight excluding hydrogens is 263 g/mol. The molecule has 0 aliphatic carbocycles. The maximum Gasteiger partial charge on any atom is 0.387 e. The van der Waals surface area contributed by atoms with Crippen LogP contribution in [0.1, 0.15) is 0 Å². The summed E-state index contributed by atoms with van der Waals surface area (Å²) >= 11 is 0. The van der Waals surface area contributed by atoms with Gasteiger partial charge in [0.05, 0.1) is 30.9 Å². The van der Waals surface area contributed by atoms with E-state index in [9.17, 15) is 18.3 Å². The number of ether oxygens (including phenoxy) is 2. The van der Waals surface area contributed by atoms with Gasteiger partial charge in [-0.05, 0) is 12.1 Å². The molecule has 0 radical (unpaired) electrons. The van der Waals surface area contributed by atoms with Crippen LogP contribution in [0.4, 0.5) is 18.9 Å². The van der Waals surface area contributed by atoms with Crippen LogP contribution in [0.3, 0.4) is 0 Å². The Labute approximate surface area is 108 Å². The van der Waals surface area contributed by atoms with Gasteiger partial charge in [0.15, 0.2) is 5.75 Å². The number of hydrogen-bond acceptors (Lipinski definition) is 4. The lowest BCUT2D eigenvalue weighted by molar-refractivity contribution is -0.128. The number of benzene rings is 1. The van der Waals surface area contributed by atoms with Crippen molar-refractivity contribution in [2.75, 3.05) is 31.7 Å². The van der Waals surface area contributed by atoms with E-state index >= 15 is 0 Å². The van der Waals surface area contributed by atoms with Crippen LogP contribution < -0.4 is 10.1 Å². The van der Waals surface area contributed by atoms with E-state index in [2.05, 4.69) is 10.1 Å². The molecule has 1 aromatic carbocycles. The summed E-state index contributed by atoms with van der Waals surface area (Å²) in [4.78, 5) is 0. The second-order valence-corrected chi connectivity index (χ2v) is 4.52. The molecule has 0 amide bonds. The van der Waals surface area contributed by atoms with Crippen molar-refractivity contribution in [2.45, 2.75) is 6.61 Å². The predicted molar refractivity (Wildman–Crippen MR) is 61.9 cm³/mol. The van der Waals surface area contributed by atoms with E-state index in [-0.39, 0.29) is 18.0 Å². The molecule has 1 saturated heterocycles. The van der Waals surface area contributed by atoms with Gasteiger partial charge in [0, 0.05) is 12.6 Å². The number of halogens is 3. The fraction of sp³-hybridized carbons (Fsp3) is 0.500. The summed E-state index contributed by atoms with van der Waals surface area (Å²) in [5.41, 5.74) is -0.169. The third-order valence-corrected chi connectivity index (χ3v) is 2.97. The zero-order valence-electron chi connectivity index (χ0n) is 10.0. The van der Waals surface area contributed by atoms with E-state index in [1.165, 1.54) is 6.07 Å². The average molecular weight is 277 g/mol. The number of aliphatic hydroxyl groups is 1. The Kier molecular flexibility index (Phi) is 4.16. The molecule has 0 bridgehead atoms. The third-order valence-electron chi connectivity index (χ3n) is 2.97. The van der Waals surface area contributed by atoms with E-state index in [1.807, 2.05) is 0 Å². The third kappa shape index (κ3) is 3.30. The number of nitrogens with one attached hydrogen (secondary N) is 1. The van der Waals surface area contributed by atoms with Crippen LogP contribution in [-0.4, -0.2) is 38.1 Å². The van der Waals surface area contributed by atoms with Crippen molar-refractivity contribution in [3.8, 4) is 5.75 Å². The van der Waals surface area contributed by atoms with E-state index < -0.39 is 17.8 Å². The molecule has 19 heavy (non-hydrogen) atoms. The first-order valence-electron chi connectivity index (χ1n) is 5.71. The van der Waals surface area contributed by atoms with E-state index in [0.29, 0.717) is 19.8 Å². The molecule has 4 nitrogen and oxygen atoms in total. The van der Waals surface area contributed by atoms with Gasteiger partial charge in [0.25, 0.3) is 0 Å². The molecule has 7 heteroatoms. The average Bonchev–Trinajstić information content (AvgIpc) is 2.30. The van der Waals surface area contributed by atoms with Crippen LogP contribution in [-0.2, 0) is 4.74 Å². The minimum atomic E-state index is -3.03. The zero-order valence-corrected chi connectivity index (χ0v) is 10.0. The zero-order chi connectivity index (χ0) is 13.9. The first kappa shape index (κ1) is 14.0. The Morgan fingerprint density at radius 3 is 2.68 bits per heavy atom. The van der Waals surface area contributed by atoms with Gasteiger partial charge >= 0.3 is 6.61 Å². The molecule has 106 valence electrons. The maximum atomic E-state index is 13.0. The minimum Gasteiger partial charge on any atom is -0.433 e. The Bertz CT molecular complexity index is 433. The summed E-state index contributed by atoms with van der Waals surface area (Å²) in [6.45, 7) is -1.99. The summed E-state index contributed by atoms with van der Waals surface area (Å²) < 4.78 is 46.7. The molecule has 0 saturated carbocycles. The number of anilines is 1. The molecule has 1 fully saturated rings. The van der Waals surface area contributed by atoms with Crippen molar-refractivity contribution < 1.29 is 27.8 Å². The lowest BCUT2D eigenvalue weighted by atomic mass is 9.87. The van der Waals surface area contributed by atoms with Crippen molar-refractivity contribution in [1.29, 1.82) is 0 Å². The minimum absolute atomic E-state index is 0.0772. The molecule has 2 rings (SSSR count). The van der Waals surface area contributed by atoms with Crippen LogP contribution in [0.15, 0.2) is 18.2 Å². The van der Waals surface area contributed by atoms with Crippen LogP contribution >= 0.6 is 0 Å². The highest BCUT2D eigenvalue weighted by molar-refractivity contribution is 5.56. The van der Waals surface area contributed by atoms with Gasteiger partial charge in [-0.25, -0.2) is 4.39 Å². The summed E-state index contributed by atoms with van der Waals surface area (Å²) in [5, 5.41) is 12.1. The quantitative estimate of drug-likeness (QED) is 0.833. The molecule has 1 aliphatic heterocycles. The lowest BCUT2D eigenvalue weighted by Gasteiger charge is -2.40. The van der Waals surface area contributed by atoms with Gasteiger partial charge in [0.2, 0.25) is 0 Å². The van der Waals surface area contributed by atoms with Gasteiger partial charge in [-0.1, -0.05) is 0 Å². The SMILES string of the molecule is OCC1(CNc2ccc(F)cc2OC(F)F)COC1. The Balaban J connectivity index is 2.06. The Morgan fingerprint density at radius 2 is 2.16 bits per heavy atom. The number of alkyl halides is 2. The van der Waals surface area contributed by atoms with Crippen LogP contribution in [0, 0.1) is 11.2 Å². The second-order valence-electron chi connectivity index (χ2n) is 4.52. The van der Waals surface area contributed by atoms with Crippen LogP contribution in [0.25, 0.3) is 0 Å². The normalized spacial score (nSPS) is 17.1. The van der Waals surface area contributed by atoms with Gasteiger partial charge in [-0.2, -0.15) is 8.78 Å². The summed E-state index contributed by atoms with van der Waals surface area (Å²) in [7, 11) is 0. The summed E-state index contributed by atoms with van der Waals surface area (Å²) in [6.07, 6.45) is 0. The molecule has 1 aromatic rings. The van der Waals surface area contributed by atoms with Crippen molar-refractivity contribution in [3.63, 3.8) is 0 Å². The van der Waals surface area contributed by atoms with Gasteiger partial charge < -0.3 is 19.9 Å². The van der Waals surface area contributed by atoms with Crippen molar-refractivity contribution >= 4 is 5.69 Å². The van der Waals surface area contributed by atoms with Crippen LogP contribution in [0.2, 0.25) is 0 Å². The maximum absolute atomic E-state index is 13.0. The number of hydrogen-bond donors (Lipinski definition) is 2. The monoisotopic (exact) mass is 277 g/mol. The molecular formula is C12H14F3NO3. The molecule has 0 unspecified atom stereocenters. The van der Waals surface area contributed by atoms with E-state index in [1.54, 1.807) is 0 Å². The Hall–Kier alpha value is -1.47. The fourth-order valence-electron chi connectivity index (χ4n) is 1.76. The first-order chi connectivity index (χ1) is 9.04. The predicted octanol–water partition coefficient (Wildman–Crippen LogP) is 1.85. The summed E-state index contributed by atoms with van der Waals surface area (Å²) in [6, 6.07) is 3.35. The lowest BCUT2D eigenvalue weighted by Crippen LogP contribution is -2.50. The van der Waals surface area contributed by atoms with Gasteiger partial charge in [-0.15, -0.1) is 0 Å². The van der Waals surface area contributed by atoms with Crippen molar-refractivity contribution in [2.24, 2.45) is 5.41 Å². The van der Waals surface area contributed by atoms with Gasteiger partial charge in [-0.3, -0.25) is 0 Å². The fourth-order valence-corrected chi connectivity index (χ4v) is 1.76. The number of rotatable bonds is 6.